The lowest BCUT2D eigenvalue weighted by atomic mass is 9.54. The number of likely N-dealkylation sites (tertiary alicyclic amines) is 1. The van der Waals surface area contributed by atoms with E-state index >= 15 is 0 Å². The van der Waals surface area contributed by atoms with Crippen LogP contribution in [0.4, 0.5) is 0 Å². The van der Waals surface area contributed by atoms with Gasteiger partial charge in [0.15, 0.2) is 0 Å². The van der Waals surface area contributed by atoms with Crippen LogP contribution >= 0.6 is 31.9 Å². The number of rotatable bonds is 6. The van der Waals surface area contributed by atoms with Crippen LogP contribution in [0.1, 0.15) is 48.4 Å². The molecule has 2 aromatic carbocycles. The molecule has 1 heterocycles. The highest BCUT2D eigenvalue weighted by Gasteiger charge is 2.72. The lowest BCUT2D eigenvalue weighted by molar-refractivity contribution is -0.153. The number of hydrogen-bond donors (Lipinski definition) is 0. The number of nitrogens with zero attached hydrogens (tertiary/aromatic N) is 1. The number of carbonyl (C=O) groups is 3. The summed E-state index contributed by atoms with van der Waals surface area (Å²) in [7, 11) is 0. The van der Waals surface area contributed by atoms with Crippen molar-refractivity contribution >= 4 is 49.6 Å². The van der Waals surface area contributed by atoms with Gasteiger partial charge in [0.05, 0.1) is 27.1 Å². The summed E-state index contributed by atoms with van der Waals surface area (Å²) in [4.78, 5) is 40.9. The third-order valence-corrected chi connectivity index (χ3v) is 9.67. The van der Waals surface area contributed by atoms with Crippen molar-refractivity contribution in [3.8, 4) is 0 Å². The van der Waals surface area contributed by atoms with E-state index in [9.17, 15) is 14.4 Å². The standard InChI is InChI=1S/C25H23Br2NO4/c1-2-3-8-13-32-19(29)14-28-22(30)20-21(23(28)31)25(27)16-10-5-4-9-15(16)24(20,26)17-11-6-7-12-18(17)25/h4-7,9-12,20-21H,2-3,8,13-14H2,1H3/t20-,21-,24?,25?/m1/s1. The molecule has 32 heavy (non-hydrogen) atoms. The van der Waals surface area contributed by atoms with E-state index in [-0.39, 0.29) is 18.4 Å². The number of carbonyl (C=O) groups excluding carboxylic acids is 3. The minimum absolute atomic E-state index is 0.303. The summed E-state index contributed by atoms with van der Waals surface area (Å²) in [6.45, 7) is 2.02. The Morgan fingerprint density at radius 2 is 1.31 bits per heavy atom. The van der Waals surface area contributed by atoms with Crippen LogP contribution in [0.15, 0.2) is 48.5 Å². The molecule has 0 unspecified atom stereocenters. The Labute approximate surface area is 203 Å². The third kappa shape index (κ3) is 2.76. The quantitative estimate of drug-likeness (QED) is 0.224. The van der Waals surface area contributed by atoms with Crippen LogP contribution < -0.4 is 0 Å². The van der Waals surface area contributed by atoms with E-state index in [1.165, 1.54) is 0 Å². The Morgan fingerprint density at radius 3 is 1.72 bits per heavy atom. The van der Waals surface area contributed by atoms with E-state index in [0.29, 0.717) is 6.61 Å². The first kappa shape index (κ1) is 21.8. The highest BCUT2D eigenvalue weighted by atomic mass is 79.9. The first-order valence-electron chi connectivity index (χ1n) is 10.9. The van der Waals surface area contributed by atoms with Crippen molar-refractivity contribution < 1.29 is 19.1 Å². The maximum absolute atomic E-state index is 13.7. The first-order valence-corrected chi connectivity index (χ1v) is 12.5. The number of esters is 1. The lowest BCUT2D eigenvalue weighted by Crippen LogP contribution is -2.56. The number of unbranched alkanes of at least 4 members (excludes halogenated alkanes) is 2. The number of halogens is 2. The number of alkyl halides is 2. The second-order valence-corrected chi connectivity index (χ2v) is 11.2. The van der Waals surface area contributed by atoms with Gasteiger partial charge in [-0.1, -0.05) is 100 Å². The van der Waals surface area contributed by atoms with Gasteiger partial charge in [-0.25, -0.2) is 0 Å². The summed E-state index contributed by atoms with van der Waals surface area (Å²) in [6.07, 6.45) is 2.76. The van der Waals surface area contributed by atoms with Crippen LogP contribution in [0.25, 0.3) is 0 Å². The van der Waals surface area contributed by atoms with Gasteiger partial charge >= 0.3 is 5.97 Å². The van der Waals surface area contributed by atoms with Gasteiger partial charge in [0.2, 0.25) is 11.8 Å². The van der Waals surface area contributed by atoms with Gasteiger partial charge in [0, 0.05) is 0 Å². The highest BCUT2D eigenvalue weighted by Crippen LogP contribution is 2.70. The van der Waals surface area contributed by atoms with Crippen molar-refractivity contribution in [2.45, 2.75) is 34.8 Å². The molecule has 1 fully saturated rings. The number of benzene rings is 2. The molecule has 2 amide bonds. The molecule has 1 aliphatic heterocycles. The van der Waals surface area contributed by atoms with Crippen LogP contribution in [-0.2, 0) is 27.8 Å². The molecule has 0 saturated carbocycles. The second-order valence-electron chi connectivity index (χ2n) is 8.66. The van der Waals surface area contributed by atoms with Gasteiger partial charge in [-0.05, 0) is 28.7 Å². The van der Waals surface area contributed by atoms with Crippen LogP contribution in [0, 0.1) is 11.8 Å². The van der Waals surface area contributed by atoms with Crippen LogP contribution in [0.3, 0.4) is 0 Å². The van der Waals surface area contributed by atoms with Crippen molar-refractivity contribution in [2.75, 3.05) is 13.2 Å². The van der Waals surface area contributed by atoms with E-state index in [2.05, 4.69) is 38.8 Å². The highest BCUT2D eigenvalue weighted by molar-refractivity contribution is 9.10. The molecule has 7 heteroatoms. The third-order valence-electron chi connectivity index (χ3n) is 6.97. The molecule has 1 saturated heterocycles. The predicted molar refractivity (Wildman–Crippen MR) is 126 cm³/mol. The zero-order chi connectivity index (χ0) is 22.7. The summed E-state index contributed by atoms with van der Waals surface area (Å²) in [6, 6.07) is 15.8. The van der Waals surface area contributed by atoms with Crippen LogP contribution in [-0.4, -0.2) is 35.8 Å². The molecule has 5 nitrogen and oxygen atoms in total. The van der Waals surface area contributed by atoms with Crippen molar-refractivity contribution in [1.82, 2.24) is 4.90 Å². The predicted octanol–water partition coefficient (Wildman–Crippen LogP) is 4.63. The summed E-state index contributed by atoms with van der Waals surface area (Å²) in [5.41, 5.74) is 3.90. The topological polar surface area (TPSA) is 63.7 Å². The van der Waals surface area contributed by atoms with Gasteiger partial charge in [-0.3, -0.25) is 19.3 Å². The monoisotopic (exact) mass is 559 g/mol. The normalized spacial score (nSPS) is 29.5. The van der Waals surface area contributed by atoms with Crippen molar-refractivity contribution in [3.63, 3.8) is 0 Å². The Hall–Kier alpha value is -1.99. The van der Waals surface area contributed by atoms with Crippen LogP contribution in [0.5, 0.6) is 0 Å². The fraction of sp³-hybridized carbons (Fsp3) is 0.400. The Kier molecular flexibility index (Phi) is 5.32. The molecule has 4 aliphatic rings. The number of hydrogen-bond acceptors (Lipinski definition) is 4. The molecule has 2 atom stereocenters. The summed E-state index contributed by atoms with van der Waals surface area (Å²) < 4.78 is 3.61. The first-order chi connectivity index (χ1) is 15.4. The fourth-order valence-electron chi connectivity index (χ4n) is 5.59. The van der Waals surface area contributed by atoms with E-state index in [4.69, 9.17) is 4.74 Å². The van der Waals surface area contributed by atoms with Crippen molar-refractivity contribution in [1.29, 1.82) is 0 Å². The van der Waals surface area contributed by atoms with Crippen LogP contribution in [0.2, 0.25) is 0 Å². The summed E-state index contributed by atoms with van der Waals surface area (Å²) >= 11 is 7.89. The number of ether oxygens (including phenoxy) is 1. The molecule has 2 aromatic rings. The molecular weight excluding hydrogens is 538 g/mol. The van der Waals surface area contributed by atoms with E-state index in [1.807, 2.05) is 48.5 Å². The van der Waals surface area contributed by atoms with Gasteiger partial charge in [-0.2, -0.15) is 0 Å². The summed E-state index contributed by atoms with van der Waals surface area (Å²) in [5.74, 6) is -2.54. The number of imide groups is 1. The Balaban J connectivity index is 1.56. The molecular formula is C25H23Br2NO4. The van der Waals surface area contributed by atoms with E-state index < -0.39 is 26.5 Å². The maximum atomic E-state index is 13.7. The van der Waals surface area contributed by atoms with Crippen molar-refractivity contribution in [3.05, 3.63) is 70.8 Å². The molecule has 0 spiro atoms. The smallest absolute Gasteiger partial charge is 0.326 e. The average molecular weight is 561 g/mol. The molecule has 3 aliphatic carbocycles. The minimum atomic E-state index is -0.840. The van der Waals surface area contributed by atoms with Gasteiger partial charge < -0.3 is 4.74 Å². The lowest BCUT2D eigenvalue weighted by Gasteiger charge is -2.55. The van der Waals surface area contributed by atoms with Gasteiger partial charge in [0.1, 0.15) is 6.54 Å². The van der Waals surface area contributed by atoms with E-state index in [0.717, 1.165) is 46.4 Å². The fourth-order valence-corrected chi connectivity index (χ4v) is 7.90. The zero-order valence-electron chi connectivity index (χ0n) is 17.6. The molecule has 0 aromatic heterocycles. The maximum Gasteiger partial charge on any atom is 0.326 e. The Morgan fingerprint density at radius 1 is 0.875 bits per heavy atom. The molecule has 0 radical (unpaired) electrons. The Bertz CT molecular complexity index is 1010. The average Bonchev–Trinajstić information content (AvgIpc) is 3.06. The molecule has 166 valence electrons. The SMILES string of the molecule is CCCCCOC(=O)CN1C(=O)[C@H]2[C@H](C1=O)C1(Br)c3ccccc3C2(Br)c2ccccc21. The number of amides is 2. The molecule has 2 bridgehead atoms. The second kappa shape index (κ2) is 7.80. The van der Waals surface area contributed by atoms with Gasteiger partial charge in [0.25, 0.3) is 0 Å². The van der Waals surface area contributed by atoms with E-state index in [1.54, 1.807) is 0 Å². The largest absolute Gasteiger partial charge is 0.464 e. The zero-order valence-corrected chi connectivity index (χ0v) is 20.8. The van der Waals surface area contributed by atoms with Crippen molar-refractivity contribution in [2.24, 2.45) is 11.8 Å². The molecule has 0 N–H and O–H groups in total. The molecule has 6 rings (SSSR count). The van der Waals surface area contributed by atoms with Gasteiger partial charge in [-0.15, -0.1) is 0 Å². The summed E-state index contributed by atoms with van der Waals surface area (Å²) in [5, 5.41) is 0. The minimum Gasteiger partial charge on any atom is -0.464 e.